The number of hydrogen-bond acceptors (Lipinski definition) is 5. The van der Waals surface area contributed by atoms with Crippen molar-refractivity contribution in [3.63, 3.8) is 0 Å². The quantitative estimate of drug-likeness (QED) is 0.622. The molecule has 1 aliphatic heterocycles. The summed E-state index contributed by atoms with van der Waals surface area (Å²) < 4.78 is 0. The zero-order valence-corrected chi connectivity index (χ0v) is 8.77. The maximum Gasteiger partial charge on any atom is 0.295 e. The number of nitrogens with one attached hydrogen (secondary N) is 2. The third-order valence-electron chi connectivity index (χ3n) is 2.38. The summed E-state index contributed by atoms with van der Waals surface area (Å²) in [6.45, 7) is 5.45. The van der Waals surface area contributed by atoms with Gasteiger partial charge >= 0.3 is 0 Å². The molecule has 1 fully saturated rings. The van der Waals surface area contributed by atoms with Crippen LogP contribution in [0.15, 0.2) is 0 Å². The van der Waals surface area contributed by atoms with Crippen molar-refractivity contribution in [3.05, 3.63) is 5.82 Å². The third-order valence-corrected chi connectivity index (χ3v) is 2.38. The van der Waals surface area contributed by atoms with E-state index in [0.717, 1.165) is 0 Å². The SMILES string of the molecule is CC1CN(C(=O)c2nn[nH]n2)CC(C)N1. The molecule has 7 heteroatoms. The molecule has 1 aliphatic rings. The molecule has 1 aromatic rings. The van der Waals surface area contributed by atoms with E-state index in [2.05, 4.69) is 25.9 Å². The topological polar surface area (TPSA) is 86.8 Å². The Morgan fingerprint density at radius 3 is 2.60 bits per heavy atom. The number of aromatic nitrogens is 4. The number of H-pyrrole nitrogens is 1. The summed E-state index contributed by atoms with van der Waals surface area (Å²) in [5, 5.41) is 16.4. The number of carbonyl (C=O) groups is 1. The van der Waals surface area contributed by atoms with E-state index in [4.69, 9.17) is 0 Å². The maximum absolute atomic E-state index is 11.9. The minimum absolute atomic E-state index is 0.135. The molecule has 1 amide bonds. The lowest BCUT2D eigenvalue weighted by atomic mass is 10.1. The van der Waals surface area contributed by atoms with Crippen molar-refractivity contribution in [1.82, 2.24) is 30.8 Å². The highest BCUT2D eigenvalue weighted by Crippen LogP contribution is 2.06. The summed E-state index contributed by atoms with van der Waals surface area (Å²) >= 11 is 0. The zero-order valence-electron chi connectivity index (χ0n) is 8.77. The van der Waals surface area contributed by atoms with Crippen LogP contribution in [-0.4, -0.2) is 56.6 Å². The molecular weight excluding hydrogens is 196 g/mol. The average Bonchev–Trinajstić information content (AvgIpc) is 2.67. The molecule has 1 aromatic heterocycles. The predicted molar refractivity (Wildman–Crippen MR) is 52.1 cm³/mol. The molecule has 0 spiro atoms. The van der Waals surface area contributed by atoms with Gasteiger partial charge in [-0.25, -0.2) is 0 Å². The maximum atomic E-state index is 11.9. The summed E-state index contributed by atoms with van der Waals surface area (Å²) in [5.74, 6) is -0.0275. The molecule has 0 aromatic carbocycles. The van der Waals surface area contributed by atoms with Gasteiger partial charge in [-0.1, -0.05) is 0 Å². The smallest absolute Gasteiger partial charge is 0.295 e. The van der Waals surface area contributed by atoms with Gasteiger partial charge in [-0.15, -0.1) is 10.2 Å². The van der Waals surface area contributed by atoms with E-state index in [0.29, 0.717) is 25.2 Å². The van der Waals surface area contributed by atoms with Crippen molar-refractivity contribution < 1.29 is 4.79 Å². The Balaban J connectivity index is 2.07. The van der Waals surface area contributed by atoms with E-state index in [1.54, 1.807) is 4.90 Å². The first-order chi connectivity index (χ1) is 7.16. The summed E-state index contributed by atoms with van der Waals surface area (Å²) in [7, 11) is 0. The predicted octanol–water partition coefficient (Wildman–Crippen LogP) is -0.978. The molecule has 2 unspecified atom stereocenters. The number of amides is 1. The van der Waals surface area contributed by atoms with Crippen LogP contribution in [-0.2, 0) is 0 Å². The molecule has 0 radical (unpaired) electrons. The lowest BCUT2D eigenvalue weighted by Crippen LogP contribution is -2.56. The van der Waals surface area contributed by atoms with Gasteiger partial charge in [-0.3, -0.25) is 4.79 Å². The van der Waals surface area contributed by atoms with E-state index in [1.807, 2.05) is 13.8 Å². The first-order valence-electron chi connectivity index (χ1n) is 4.95. The number of rotatable bonds is 1. The van der Waals surface area contributed by atoms with Crippen LogP contribution in [0.4, 0.5) is 0 Å². The summed E-state index contributed by atoms with van der Waals surface area (Å²) in [6.07, 6.45) is 0. The molecule has 2 heterocycles. The second-order valence-corrected chi connectivity index (χ2v) is 3.91. The molecule has 2 atom stereocenters. The Labute approximate surface area is 87.2 Å². The minimum atomic E-state index is -0.163. The van der Waals surface area contributed by atoms with Crippen molar-refractivity contribution in [3.8, 4) is 0 Å². The van der Waals surface area contributed by atoms with Crippen LogP contribution in [0.1, 0.15) is 24.5 Å². The van der Waals surface area contributed by atoms with Gasteiger partial charge in [0.15, 0.2) is 0 Å². The second-order valence-electron chi connectivity index (χ2n) is 3.91. The van der Waals surface area contributed by atoms with Crippen LogP contribution >= 0.6 is 0 Å². The second kappa shape index (κ2) is 3.93. The first-order valence-corrected chi connectivity index (χ1v) is 4.95. The first kappa shape index (κ1) is 10.0. The van der Waals surface area contributed by atoms with E-state index in [9.17, 15) is 4.79 Å². The molecule has 1 saturated heterocycles. The molecule has 2 rings (SSSR count). The van der Waals surface area contributed by atoms with Gasteiger partial charge < -0.3 is 10.2 Å². The van der Waals surface area contributed by atoms with Gasteiger partial charge in [-0.2, -0.15) is 5.21 Å². The largest absolute Gasteiger partial charge is 0.333 e. The minimum Gasteiger partial charge on any atom is -0.333 e. The van der Waals surface area contributed by atoms with Gasteiger partial charge in [-0.05, 0) is 19.1 Å². The Morgan fingerprint density at radius 2 is 2.07 bits per heavy atom. The van der Waals surface area contributed by atoms with Crippen LogP contribution in [0.25, 0.3) is 0 Å². The van der Waals surface area contributed by atoms with Crippen LogP contribution in [0, 0.1) is 0 Å². The standard InChI is InChI=1S/C8H14N6O/c1-5-3-14(4-6(2)9-5)8(15)7-10-12-13-11-7/h5-6,9H,3-4H2,1-2H3,(H,10,11,12,13). The molecule has 2 N–H and O–H groups in total. The zero-order chi connectivity index (χ0) is 10.8. The fraction of sp³-hybridized carbons (Fsp3) is 0.750. The fourth-order valence-electron chi connectivity index (χ4n) is 1.89. The van der Waals surface area contributed by atoms with Gasteiger partial charge in [0.1, 0.15) is 0 Å². The van der Waals surface area contributed by atoms with Gasteiger partial charge in [0, 0.05) is 25.2 Å². The van der Waals surface area contributed by atoms with E-state index >= 15 is 0 Å². The lowest BCUT2D eigenvalue weighted by Gasteiger charge is -2.35. The molecule has 15 heavy (non-hydrogen) atoms. The Kier molecular flexibility index (Phi) is 2.63. The monoisotopic (exact) mass is 210 g/mol. The Hall–Kier alpha value is -1.50. The molecule has 0 saturated carbocycles. The molecule has 82 valence electrons. The van der Waals surface area contributed by atoms with Crippen LogP contribution in [0.5, 0.6) is 0 Å². The van der Waals surface area contributed by atoms with Crippen LogP contribution in [0.3, 0.4) is 0 Å². The van der Waals surface area contributed by atoms with Crippen molar-refractivity contribution in [1.29, 1.82) is 0 Å². The molecule has 7 nitrogen and oxygen atoms in total. The van der Waals surface area contributed by atoms with Gasteiger partial charge in [0.2, 0.25) is 0 Å². The van der Waals surface area contributed by atoms with Crippen molar-refractivity contribution in [2.45, 2.75) is 25.9 Å². The van der Waals surface area contributed by atoms with Crippen molar-refractivity contribution >= 4 is 5.91 Å². The van der Waals surface area contributed by atoms with Crippen molar-refractivity contribution in [2.24, 2.45) is 0 Å². The summed E-state index contributed by atoms with van der Waals surface area (Å²) in [6, 6.07) is 0.592. The van der Waals surface area contributed by atoms with Gasteiger partial charge in [0.25, 0.3) is 11.7 Å². The highest BCUT2D eigenvalue weighted by molar-refractivity contribution is 5.90. The van der Waals surface area contributed by atoms with E-state index in [-0.39, 0.29) is 11.7 Å². The van der Waals surface area contributed by atoms with Crippen LogP contribution in [0.2, 0.25) is 0 Å². The van der Waals surface area contributed by atoms with Crippen LogP contribution < -0.4 is 5.32 Å². The van der Waals surface area contributed by atoms with E-state index in [1.165, 1.54) is 0 Å². The number of carbonyl (C=O) groups excluding carboxylic acids is 1. The lowest BCUT2D eigenvalue weighted by molar-refractivity contribution is 0.0661. The Bertz CT molecular complexity index is 327. The molecule has 0 bridgehead atoms. The highest BCUT2D eigenvalue weighted by atomic mass is 16.2. The summed E-state index contributed by atoms with van der Waals surface area (Å²) in [5.41, 5.74) is 0. The van der Waals surface area contributed by atoms with Gasteiger partial charge in [0.05, 0.1) is 0 Å². The van der Waals surface area contributed by atoms with Crippen molar-refractivity contribution in [2.75, 3.05) is 13.1 Å². The average molecular weight is 210 g/mol. The number of aromatic amines is 1. The number of tetrazole rings is 1. The number of hydrogen-bond donors (Lipinski definition) is 2. The molecular formula is C8H14N6O. The Morgan fingerprint density at radius 1 is 1.40 bits per heavy atom. The number of piperazine rings is 1. The highest BCUT2D eigenvalue weighted by Gasteiger charge is 2.27. The van der Waals surface area contributed by atoms with E-state index < -0.39 is 0 Å². The summed E-state index contributed by atoms with van der Waals surface area (Å²) in [4.78, 5) is 13.6. The molecule has 0 aliphatic carbocycles. The third kappa shape index (κ3) is 2.12. The normalized spacial score (nSPS) is 26.7. The number of nitrogens with zero attached hydrogens (tertiary/aromatic N) is 4. The fourth-order valence-corrected chi connectivity index (χ4v) is 1.89.